The number of halogens is 1. The summed E-state index contributed by atoms with van der Waals surface area (Å²) in [5, 5.41) is 5.52. The first-order chi connectivity index (χ1) is 14.3. The zero-order valence-electron chi connectivity index (χ0n) is 16.6. The van der Waals surface area contributed by atoms with Crippen LogP contribution in [0.25, 0.3) is 38.8 Å². The van der Waals surface area contributed by atoms with Crippen LogP contribution in [0.4, 0.5) is 5.69 Å². The number of hydrogen-bond donors (Lipinski definition) is 1. The van der Waals surface area contributed by atoms with Crippen LogP contribution in [-0.4, -0.2) is 28.9 Å². The number of pyridine rings is 2. The number of benzene rings is 1. The number of anilines is 1. The minimum atomic E-state index is -0.154. The van der Waals surface area contributed by atoms with Gasteiger partial charge in [0.2, 0.25) is 0 Å². The second kappa shape index (κ2) is 6.43. The maximum atomic E-state index is 13.2. The van der Waals surface area contributed by atoms with E-state index < -0.39 is 0 Å². The summed E-state index contributed by atoms with van der Waals surface area (Å²) in [5.74, 6) is 0. The summed E-state index contributed by atoms with van der Waals surface area (Å²) in [6.07, 6.45) is 5.25. The SMILES string of the molecule is Cc1nn(C)cc1-n1c(=O)n(C)c2cnc3ccc(-c4cnc(Cl)c(N)c4)cc3c21. The van der Waals surface area contributed by atoms with Crippen LogP contribution in [0.3, 0.4) is 0 Å². The molecule has 0 spiro atoms. The van der Waals surface area contributed by atoms with E-state index in [2.05, 4.69) is 15.1 Å². The molecule has 0 saturated carbocycles. The van der Waals surface area contributed by atoms with Gasteiger partial charge in [0, 0.05) is 37.4 Å². The minimum absolute atomic E-state index is 0.154. The third kappa shape index (κ3) is 2.61. The number of aryl methyl sites for hydroxylation is 3. The van der Waals surface area contributed by atoms with Gasteiger partial charge in [-0.3, -0.25) is 18.8 Å². The average Bonchev–Trinajstić information content (AvgIpc) is 3.19. The van der Waals surface area contributed by atoms with Crippen LogP contribution >= 0.6 is 11.6 Å². The standard InChI is InChI=1S/C21H18ClN7O/c1-11-18(10-27(2)26-11)29-19-14-6-12(13-7-15(23)20(22)25-8-13)4-5-16(14)24-9-17(19)28(3)21(29)30/h4-10H,23H2,1-3H3. The summed E-state index contributed by atoms with van der Waals surface area (Å²) < 4.78 is 5.00. The molecule has 0 unspecified atom stereocenters. The topological polar surface area (TPSA) is 96.5 Å². The summed E-state index contributed by atoms with van der Waals surface area (Å²) in [5.41, 5.74) is 11.7. The second-order valence-electron chi connectivity index (χ2n) is 7.28. The third-order valence-electron chi connectivity index (χ3n) is 5.31. The highest BCUT2D eigenvalue weighted by Crippen LogP contribution is 2.31. The monoisotopic (exact) mass is 419 g/mol. The molecule has 0 fully saturated rings. The maximum Gasteiger partial charge on any atom is 0.333 e. The molecule has 4 aromatic heterocycles. The van der Waals surface area contributed by atoms with Crippen molar-refractivity contribution in [3.05, 3.63) is 64.2 Å². The number of nitrogens with two attached hydrogens (primary N) is 1. The van der Waals surface area contributed by atoms with Crippen molar-refractivity contribution >= 4 is 39.2 Å². The molecular weight excluding hydrogens is 402 g/mol. The first-order valence-electron chi connectivity index (χ1n) is 9.27. The quantitative estimate of drug-likeness (QED) is 0.443. The molecule has 0 aliphatic rings. The van der Waals surface area contributed by atoms with E-state index in [9.17, 15) is 4.79 Å². The number of imidazole rings is 1. The Bertz CT molecular complexity index is 1530. The van der Waals surface area contributed by atoms with Gasteiger partial charge in [-0.25, -0.2) is 9.78 Å². The Morgan fingerprint density at radius 3 is 2.57 bits per heavy atom. The van der Waals surface area contributed by atoms with Gasteiger partial charge in [-0.2, -0.15) is 5.10 Å². The molecule has 2 N–H and O–H groups in total. The Kier molecular flexibility index (Phi) is 3.94. The Morgan fingerprint density at radius 2 is 1.87 bits per heavy atom. The fraction of sp³-hybridized carbons (Fsp3) is 0.143. The molecule has 30 heavy (non-hydrogen) atoms. The van der Waals surface area contributed by atoms with Crippen molar-refractivity contribution in [2.45, 2.75) is 6.92 Å². The van der Waals surface area contributed by atoms with Gasteiger partial charge in [-0.15, -0.1) is 0 Å². The number of rotatable bonds is 2. The molecule has 0 radical (unpaired) electrons. The number of nitrogens with zero attached hydrogens (tertiary/aromatic N) is 6. The lowest BCUT2D eigenvalue weighted by Crippen LogP contribution is -2.21. The summed E-state index contributed by atoms with van der Waals surface area (Å²) in [6, 6.07) is 7.66. The molecule has 0 amide bonds. The first kappa shape index (κ1) is 18.4. The third-order valence-corrected chi connectivity index (χ3v) is 5.63. The molecule has 0 bridgehead atoms. The number of nitrogen functional groups attached to an aromatic ring is 1. The lowest BCUT2D eigenvalue weighted by Gasteiger charge is -2.08. The van der Waals surface area contributed by atoms with Crippen LogP contribution in [-0.2, 0) is 14.1 Å². The van der Waals surface area contributed by atoms with E-state index in [1.165, 1.54) is 0 Å². The number of fused-ring (bicyclic) bond motifs is 3. The maximum absolute atomic E-state index is 13.2. The van der Waals surface area contributed by atoms with Crippen molar-refractivity contribution in [1.82, 2.24) is 28.9 Å². The Hall–Kier alpha value is -3.65. The Labute approximate surface area is 176 Å². The molecule has 1 aromatic carbocycles. The van der Waals surface area contributed by atoms with Crippen molar-refractivity contribution in [2.75, 3.05) is 5.73 Å². The molecule has 9 heteroatoms. The highest BCUT2D eigenvalue weighted by Gasteiger charge is 2.19. The smallest absolute Gasteiger partial charge is 0.333 e. The summed E-state index contributed by atoms with van der Waals surface area (Å²) >= 11 is 5.97. The molecule has 0 atom stereocenters. The van der Waals surface area contributed by atoms with Gasteiger partial charge in [0.1, 0.15) is 0 Å². The van der Waals surface area contributed by atoms with Gasteiger partial charge in [-0.1, -0.05) is 17.7 Å². The predicted octanol–water partition coefficient (Wildman–Crippen LogP) is 3.22. The minimum Gasteiger partial charge on any atom is -0.396 e. The molecule has 150 valence electrons. The summed E-state index contributed by atoms with van der Waals surface area (Å²) in [6.45, 7) is 1.89. The molecule has 8 nitrogen and oxygen atoms in total. The highest BCUT2D eigenvalue weighted by molar-refractivity contribution is 6.31. The number of hydrogen-bond acceptors (Lipinski definition) is 5. The van der Waals surface area contributed by atoms with Crippen molar-refractivity contribution in [3.63, 3.8) is 0 Å². The van der Waals surface area contributed by atoms with Gasteiger partial charge >= 0.3 is 5.69 Å². The molecule has 5 rings (SSSR count). The summed E-state index contributed by atoms with van der Waals surface area (Å²) in [7, 11) is 3.58. The van der Waals surface area contributed by atoms with E-state index in [0.29, 0.717) is 5.69 Å². The predicted molar refractivity (Wildman–Crippen MR) is 118 cm³/mol. The van der Waals surface area contributed by atoms with Gasteiger partial charge in [0.25, 0.3) is 0 Å². The second-order valence-corrected chi connectivity index (χ2v) is 7.64. The van der Waals surface area contributed by atoms with E-state index >= 15 is 0 Å². The van der Waals surface area contributed by atoms with E-state index in [1.807, 2.05) is 38.4 Å². The van der Waals surface area contributed by atoms with Crippen molar-refractivity contribution in [3.8, 4) is 16.8 Å². The first-order valence-corrected chi connectivity index (χ1v) is 9.65. The Balaban J connectivity index is 1.88. The van der Waals surface area contributed by atoms with Crippen LogP contribution in [0.2, 0.25) is 5.15 Å². The van der Waals surface area contributed by atoms with Gasteiger partial charge in [0.15, 0.2) is 5.15 Å². The molecular formula is C21H18ClN7O. The van der Waals surface area contributed by atoms with Gasteiger partial charge < -0.3 is 5.73 Å². The zero-order chi connectivity index (χ0) is 21.2. The Morgan fingerprint density at radius 1 is 1.07 bits per heavy atom. The lowest BCUT2D eigenvalue weighted by molar-refractivity contribution is 0.756. The van der Waals surface area contributed by atoms with Crippen molar-refractivity contribution in [2.24, 2.45) is 14.1 Å². The highest BCUT2D eigenvalue weighted by atomic mass is 35.5. The lowest BCUT2D eigenvalue weighted by atomic mass is 10.0. The molecule has 5 aromatic rings. The van der Waals surface area contributed by atoms with Crippen LogP contribution in [0.15, 0.2) is 47.7 Å². The van der Waals surface area contributed by atoms with Gasteiger partial charge in [0.05, 0.1) is 39.8 Å². The van der Waals surface area contributed by atoms with Crippen molar-refractivity contribution < 1.29 is 0 Å². The zero-order valence-corrected chi connectivity index (χ0v) is 17.3. The van der Waals surface area contributed by atoms with Crippen LogP contribution in [0, 0.1) is 6.92 Å². The van der Waals surface area contributed by atoms with Crippen molar-refractivity contribution in [1.29, 1.82) is 0 Å². The van der Waals surface area contributed by atoms with Gasteiger partial charge in [-0.05, 0) is 30.7 Å². The van der Waals surface area contributed by atoms with E-state index in [4.69, 9.17) is 17.3 Å². The molecule has 4 heterocycles. The van der Waals surface area contributed by atoms with E-state index in [0.717, 1.165) is 44.4 Å². The summed E-state index contributed by atoms with van der Waals surface area (Å²) in [4.78, 5) is 21.9. The van der Waals surface area contributed by atoms with E-state index in [1.54, 1.807) is 39.3 Å². The largest absolute Gasteiger partial charge is 0.396 e. The normalized spacial score (nSPS) is 11.6. The fourth-order valence-corrected chi connectivity index (χ4v) is 3.93. The average molecular weight is 420 g/mol. The fourth-order valence-electron chi connectivity index (χ4n) is 3.83. The van der Waals surface area contributed by atoms with Crippen LogP contribution in [0.1, 0.15) is 5.69 Å². The van der Waals surface area contributed by atoms with Crippen LogP contribution < -0.4 is 11.4 Å². The van der Waals surface area contributed by atoms with E-state index in [-0.39, 0.29) is 10.8 Å². The molecule has 0 aliphatic carbocycles. The molecule has 0 aliphatic heterocycles. The number of aromatic nitrogens is 6. The molecule has 0 saturated heterocycles. The van der Waals surface area contributed by atoms with Crippen LogP contribution in [0.5, 0.6) is 0 Å².